The summed E-state index contributed by atoms with van der Waals surface area (Å²) in [6, 6.07) is 3.05. The molecule has 20 heavy (non-hydrogen) atoms. The molecule has 0 radical (unpaired) electrons. The zero-order chi connectivity index (χ0) is 14.7. The van der Waals surface area contributed by atoms with Crippen molar-refractivity contribution < 1.29 is 13.6 Å². The maximum atomic E-state index is 13.5. The van der Waals surface area contributed by atoms with Crippen LogP contribution in [-0.2, 0) is 0 Å². The van der Waals surface area contributed by atoms with E-state index in [1.807, 2.05) is 14.1 Å². The second-order valence-electron chi connectivity index (χ2n) is 5.23. The monoisotopic (exact) mass is 283 g/mol. The molecular formula is C14H19F2N3O. The van der Waals surface area contributed by atoms with Gasteiger partial charge in [0.2, 0.25) is 0 Å². The molecule has 110 valence electrons. The Morgan fingerprint density at radius 1 is 1.35 bits per heavy atom. The average Bonchev–Trinajstić information content (AvgIpc) is 2.42. The standard InChI is InChI=1S/C14H19F2N3O/c1-18-5-6-19(2)11(9-18)8-17-14(20)12-7-10(15)3-4-13(12)16/h3-4,7,11H,5-6,8-9H2,1-2H3,(H,17,20). The highest BCUT2D eigenvalue weighted by atomic mass is 19.1. The molecule has 0 bridgehead atoms. The number of hydrogen-bond acceptors (Lipinski definition) is 3. The van der Waals surface area contributed by atoms with Crippen LogP contribution in [0, 0.1) is 11.6 Å². The van der Waals surface area contributed by atoms with Crippen molar-refractivity contribution >= 4 is 5.91 Å². The first-order valence-corrected chi connectivity index (χ1v) is 6.59. The third-order valence-corrected chi connectivity index (χ3v) is 3.65. The smallest absolute Gasteiger partial charge is 0.254 e. The van der Waals surface area contributed by atoms with Gasteiger partial charge >= 0.3 is 0 Å². The topological polar surface area (TPSA) is 35.6 Å². The maximum Gasteiger partial charge on any atom is 0.254 e. The van der Waals surface area contributed by atoms with E-state index in [9.17, 15) is 13.6 Å². The number of amides is 1. The minimum Gasteiger partial charge on any atom is -0.350 e. The molecule has 1 fully saturated rings. The SMILES string of the molecule is CN1CCN(C)C(CNC(=O)c2cc(F)ccc2F)C1. The van der Waals surface area contributed by atoms with Crippen molar-refractivity contribution in [3.05, 3.63) is 35.4 Å². The van der Waals surface area contributed by atoms with Crippen molar-refractivity contribution in [3.63, 3.8) is 0 Å². The Hall–Kier alpha value is -1.53. The summed E-state index contributed by atoms with van der Waals surface area (Å²) in [6.45, 7) is 3.16. The van der Waals surface area contributed by atoms with Gasteiger partial charge in [0.15, 0.2) is 0 Å². The van der Waals surface area contributed by atoms with Crippen LogP contribution in [0.4, 0.5) is 8.78 Å². The Kier molecular flexibility index (Phi) is 4.67. The Labute approximate surface area is 117 Å². The van der Waals surface area contributed by atoms with Crippen molar-refractivity contribution in [2.75, 3.05) is 40.3 Å². The third-order valence-electron chi connectivity index (χ3n) is 3.65. The molecule has 0 aliphatic carbocycles. The molecule has 1 aliphatic heterocycles. The van der Waals surface area contributed by atoms with Gasteiger partial charge < -0.3 is 10.2 Å². The lowest BCUT2D eigenvalue weighted by atomic mass is 10.1. The number of likely N-dealkylation sites (N-methyl/N-ethyl adjacent to an activating group) is 2. The summed E-state index contributed by atoms with van der Waals surface area (Å²) < 4.78 is 26.5. The van der Waals surface area contributed by atoms with E-state index in [1.165, 1.54) is 0 Å². The summed E-state index contributed by atoms with van der Waals surface area (Å²) in [5.74, 6) is -1.91. The van der Waals surface area contributed by atoms with Crippen LogP contribution in [-0.4, -0.2) is 62.0 Å². The number of carbonyl (C=O) groups is 1. The molecule has 1 aromatic carbocycles. The van der Waals surface area contributed by atoms with E-state index in [1.54, 1.807) is 0 Å². The van der Waals surface area contributed by atoms with Crippen LogP contribution in [0.2, 0.25) is 0 Å². The Morgan fingerprint density at radius 3 is 2.85 bits per heavy atom. The van der Waals surface area contributed by atoms with Crippen molar-refractivity contribution in [1.29, 1.82) is 0 Å². The molecule has 6 heteroatoms. The van der Waals surface area contributed by atoms with Gasteiger partial charge in [-0.2, -0.15) is 0 Å². The number of nitrogens with zero attached hydrogens (tertiary/aromatic N) is 2. The minimum absolute atomic E-state index is 0.175. The number of benzene rings is 1. The molecule has 1 aliphatic rings. The highest BCUT2D eigenvalue weighted by molar-refractivity contribution is 5.94. The first-order chi connectivity index (χ1) is 9.47. The lowest BCUT2D eigenvalue weighted by Gasteiger charge is -2.37. The molecule has 1 saturated heterocycles. The van der Waals surface area contributed by atoms with Gasteiger partial charge in [0.05, 0.1) is 5.56 Å². The fourth-order valence-corrected chi connectivity index (χ4v) is 2.30. The summed E-state index contributed by atoms with van der Waals surface area (Å²) in [7, 11) is 4.01. The van der Waals surface area contributed by atoms with E-state index in [0.29, 0.717) is 6.54 Å². The van der Waals surface area contributed by atoms with E-state index in [-0.39, 0.29) is 11.6 Å². The van der Waals surface area contributed by atoms with E-state index in [2.05, 4.69) is 15.1 Å². The second kappa shape index (κ2) is 6.28. The van der Waals surface area contributed by atoms with Crippen molar-refractivity contribution in [1.82, 2.24) is 15.1 Å². The van der Waals surface area contributed by atoms with Gasteiger partial charge in [-0.05, 0) is 32.3 Å². The van der Waals surface area contributed by atoms with Gasteiger partial charge in [0.25, 0.3) is 5.91 Å². The van der Waals surface area contributed by atoms with Crippen molar-refractivity contribution in [3.8, 4) is 0 Å². The summed E-state index contributed by atoms with van der Waals surface area (Å²) in [6.07, 6.45) is 0. The first-order valence-electron chi connectivity index (χ1n) is 6.59. The van der Waals surface area contributed by atoms with Crippen LogP contribution in [0.25, 0.3) is 0 Å². The number of piperazine rings is 1. The quantitative estimate of drug-likeness (QED) is 0.897. The highest BCUT2D eigenvalue weighted by Gasteiger charge is 2.23. The highest BCUT2D eigenvalue weighted by Crippen LogP contribution is 2.10. The van der Waals surface area contributed by atoms with Crippen LogP contribution in [0.3, 0.4) is 0 Å². The van der Waals surface area contributed by atoms with Crippen LogP contribution in [0.5, 0.6) is 0 Å². The Morgan fingerprint density at radius 2 is 2.10 bits per heavy atom. The summed E-state index contributed by atoms with van der Waals surface area (Å²) in [4.78, 5) is 16.2. The fraction of sp³-hybridized carbons (Fsp3) is 0.500. The molecular weight excluding hydrogens is 264 g/mol. The summed E-state index contributed by atoms with van der Waals surface area (Å²) in [5, 5.41) is 2.67. The van der Waals surface area contributed by atoms with E-state index < -0.39 is 17.5 Å². The van der Waals surface area contributed by atoms with Gasteiger partial charge in [-0.1, -0.05) is 0 Å². The van der Waals surface area contributed by atoms with Crippen LogP contribution in [0.1, 0.15) is 10.4 Å². The van der Waals surface area contributed by atoms with Gasteiger partial charge in [-0.3, -0.25) is 9.69 Å². The number of carbonyl (C=O) groups excluding carboxylic acids is 1. The van der Waals surface area contributed by atoms with Crippen LogP contribution >= 0.6 is 0 Å². The first kappa shape index (κ1) is 14.9. The minimum atomic E-state index is -0.710. The molecule has 1 amide bonds. The summed E-state index contributed by atoms with van der Waals surface area (Å²) >= 11 is 0. The van der Waals surface area contributed by atoms with Crippen LogP contribution in [0.15, 0.2) is 18.2 Å². The number of nitrogens with one attached hydrogen (secondary N) is 1. The molecule has 1 heterocycles. The number of hydrogen-bond donors (Lipinski definition) is 1. The molecule has 0 aromatic heterocycles. The predicted molar refractivity (Wildman–Crippen MR) is 72.6 cm³/mol. The summed E-state index contributed by atoms with van der Waals surface area (Å²) in [5.41, 5.74) is -0.253. The molecule has 1 aromatic rings. The van der Waals surface area contributed by atoms with Crippen LogP contribution < -0.4 is 5.32 Å². The van der Waals surface area contributed by atoms with Crippen molar-refractivity contribution in [2.24, 2.45) is 0 Å². The van der Waals surface area contributed by atoms with Gasteiger partial charge in [0.1, 0.15) is 11.6 Å². The zero-order valence-electron chi connectivity index (χ0n) is 11.7. The molecule has 1 unspecified atom stereocenters. The normalized spacial score (nSPS) is 20.9. The van der Waals surface area contributed by atoms with Crippen molar-refractivity contribution in [2.45, 2.75) is 6.04 Å². The second-order valence-corrected chi connectivity index (χ2v) is 5.23. The third kappa shape index (κ3) is 3.52. The predicted octanol–water partition coefficient (Wildman–Crippen LogP) is 0.940. The van der Waals surface area contributed by atoms with E-state index in [4.69, 9.17) is 0 Å². The average molecular weight is 283 g/mol. The lowest BCUT2D eigenvalue weighted by Crippen LogP contribution is -2.54. The fourth-order valence-electron chi connectivity index (χ4n) is 2.30. The molecule has 4 nitrogen and oxygen atoms in total. The van der Waals surface area contributed by atoms with Gasteiger partial charge in [0, 0.05) is 32.2 Å². The molecule has 2 rings (SSSR count). The molecule has 1 N–H and O–H groups in total. The molecule has 0 saturated carbocycles. The number of halogens is 2. The van der Waals surface area contributed by atoms with Gasteiger partial charge in [-0.25, -0.2) is 8.78 Å². The van der Waals surface area contributed by atoms with E-state index in [0.717, 1.165) is 37.8 Å². The Bertz CT molecular complexity index is 495. The maximum absolute atomic E-state index is 13.5. The molecule has 0 spiro atoms. The Balaban J connectivity index is 1.96. The number of rotatable bonds is 3. The molecule has 1 atom stereocenters. The zero-order valence-corrected chi connectivity index (χ0v) is 11.7. The van der Waals surface area contributed by atoms with Gasteiger partial charge in [-0.15, -0.1) is 0 Å². The van der Waals surface area contributed by atoms with E-state index >= 15 is 0 Å². The lowest BCUT2D eigenvalue weighted by molar-refractivity contribution is 0.0877. The largest absolute Gasteiger partial charge is 0.350 e.